The molecule has 0 saturated heterocycles. The Morgan fingerprint density at radius 3 is 2.71 bits per heavy atom. The Morgan fingerprint density at radius 1 is 1.41 bits per heavy atom. The molecule has 5 nitrogen and oxygen atoms in total. The second-order valence-corrected chi connectivity index (χ2v) is 5.22. The minimum Gasteiger partial charge on any atom is -0.276 e. The molecule has 0 aliphatic carbocycles. The highest BCUT2D eigenvalue weighted by atomic mass is 35.5. The zero-order valence-corrected chi connectivity index (χ0v) is 9.89. The summed E-state index contributed by atoms with van der Waals surface area (Å²) in [6, 6.07) is 3.80. The Bertz CT molecular complexity index is 669. The van der Waals surface area contributed by atoms with Crippen molar-refractivity contribution < 1.29 is 12.8 Å². The van der Waals surface area contributed by atoms with Gasteiger partial charge in [-0.1, -0.05) is 11.6 Å². The normalized spacial score (nSPS) is 11.7. The van der Waals surface area contributed by atoms with Crippen molar-refractivity contribution in [3.8, 4) is 11.3 Å². The highest BCUT2D eigenvalue weighted by Crippen LogP contribution is 2.27. The molecule has 0 spiro atoms. The van der Waals surface area contributed by atoms with Gasteiger partial charge in [-0.2, -0.15) is 5.10 Å². The number of hydrogen-bond acceptors (Lipinski definition) is 3. The molecule has 0 aliphatic heterocycles. The number of sulfonamides is 1. The van der Waals surface area contributed by atoms with E-state index in [1.54, 1.807) is 0 Å². The van der Waals surface area contributed by atoms with Gasteiger partial charge >= 0.3 is 0 Å². The minimum atomic E-state index is -3.89. The van der Waals surface area contributed by atoms with E-state index in [2.05, 4.69) is 10.2 Å². The fourth-order valence-corrected chi connectivity index (χ4v) is 2.18. The quantitative estimate of drug-likeness (QED) is 0.871. The van der Waals surface area contributed by atoms with Gasteiger partial charge in [-0.15, -0.1) is 0 Å². The van der Waals surface area contributed by atoms with Crippen molar-refractivity contribution in [3.05, 3.63) is 35.2 Å². The van der Waals surface area contributed by atoms with E-state index in [9.17, 15) is 12.8 Å². The number of nitrogens with two attached hydrogens (primary N) is 1. The SMILES string of the molecule is NS(=O)(=O)c1cn[nH]c1-c1ccc(F)c(Cl)c1. The molecule has 3 N–H and O–H groups in total. The summed E-state index contributed by atoms with van der Waals surface area (Å²) < 4.78 is 35.5. The third-order valence-corrected chi connectivity index (χ3v) is 3.33. The van der Waals surface area contributed by atoms with E-state index in [4.69, 9.17) is 16.7 Å². The number of benzene rings is 1. The Kier molecular flexibility index (Phi) is 2.90. The van der Waals surface area contributed by atoms with Crippen molar-refractivity contribution in [2.75, 3.05) is 0 Å². The summed E-state index contributed by atoms with van der Waals surface area (Å²) in [4.78, 5) is -0.167. The topological polar surface area (TPSA) is 88.8 Å². The van der Waals surface area contributed by atoms with Crippen molar-refractivity contribution >= 4 is 21.6 Å². The Morgan fingerprint density at radius 2 is 2.12 bits per heavy atom. The van der Waals surface area contributed by atoms with Crippen LogP contribution in [-0.4, -0.2) is 18.6 Å². The molecule has 0 saturated carbocycles. The predicted molar refractivity (Wildman–Crippen MR) is 60.4 cm³/mol. The van der Waals surface area contributed by atoms with Crippen LogP contribution in [0.5, 0.6) is 0 Å². The molecule has 1 aromatic carbocycles. The molecule has 90 valence electrons. The average Bonchev–Trinajstić information content (AvgIpc) is 2.70. The van der Waals surface area contributed by atoms with Crippen LogP contribution in [0.15, 0.2) is 29.3 Å². The number of H-pyrrole nitrogens is 1. The summed E-state index contributed by atoms with van der Waals surface area (Å²) in [7, 11) is -3.89. The summed E-state index contributed by atoms with van der Waals surface area (Å²) in [6.45, 7) is 0. The van der Waals surface area contributed by atoms with Gasteiger partial charge in [0.05, 0.1) is 16.9 Å². The lowest BCUT2D eigenvalue weighted by Gasteiger charge is -2.02. The number of aromatic amines is 1. The van der Waals surface area contributed by atoms with Crippen LogP contribution in [0.3, 0.4) is 0 Å². The van der Waals surface area contributed by atoms with Crippen molar-refractivity contribution in [1.29, 1.82) is 0 Å². The maximum absolute atomic E-state index is 13.0. The second-order valence-electron chi connectivity index (χ2n) is 3.28. The minimum absolute atomic E-state index is 0.113. The first-order valence-corrected chi connectivity index (χ1v) is 6.33. The number of rotatable bonds is 2. The summed E-state index contributed by atoms with van der Waals surface area (Å²) in [5.41, 5.74) is 0.562. The van der Waals surface area contributed by atoms with E-state index < -0.39 is 15.8 Å². The fraction of sp³-hybridized carbons (Fsp3) is 0. The summed E-state index contributed by atoms with van der Waals surface area (Å²) >= 11 is 5.61. The van der Waals surface area contributed by atoms with Crippen LogP contribution in [0.25, 0.3) is 11.3 Å². The lowest BCUT2D eigenvalue weighted by atomic mass is 10.1. The molecule has 0 fully saturated rings. The first kappa shape index (κ1) is 12.0. The number of nitrogens with zero attached hydrogens (tertiary/aromatic N) is 1. The van der Waals surface area contributed by atoms with E-state index >= 15 is 0 Å². The molecule has 0 unspecified atom stereocenters. The maximum atomic E-state index is 13.0. The van der Waals surface area contributed by atoms with Gasteiger partial charge in [0.2, 0.25) is 10.0 Å². The van der Waals surface area contributed by atoms with Crippen LogP contribution in [0.1, 0.15) is 0 Å². The summed E-state index contributed by atoms with van der Waals surface area (Å²) in [5, 5.41) is 11.0. The number of nitrogens with one attached hydrogen (secondary N) is 1. The zero-order valence-electron chi connectivity index (χ0n) is 8.31. The molecular formula is C9H7ClFN3O2S. The molecule has 17 heavy (non-hydrogen) atoms. The average molecular weight is 276 g/mol. The highest BCUT2D eigenvalue weighted by molar-refractivity contribution is 7.89. The molecule has 0 amide bonds. The number of primary sulfonamides is 1. The highest BCUT2D eigenvalue weighted by Gasteiger charge is 2.18. The molecule has 8 heteroatoms. The van der Waals surface area contributed by atoms with Crippen LogP contribution < -0.4 is 5.14 Å². The lowest BCUT2D eigenvalue weighted by Crippen LogP contribution is -2.12. The molecule has 1 heterocycles. The second kappa shape index (κ2) is 4.10. The summed E-state index contributed by atoms with van der Waals surface area (Å²) in [5.74, 6) is -0.591. The molecular weight excluding hydrogens is 269 g/mol. The van der Waals surface area contributed by atoms with Gasteiger partial charge in [-0.25, -0.2) is 17.9 Å². The predicted octanol–water partition coefficient (Wildman–Crippen LogP) is 1.52. The molecule has 0 aliphatic rings. The van der Waals surface area contributed by atoms with Crippen LogP contribution >= 0.6 is 11.6 Å². The van der Waals surface area contributed by atoms with Crippen molar-refractivity contribution in [3.63, 3.8) is 0 Å². The van der Waals surface area contributed by atoms with E-state index in [0.717, 1.165) is 12.3 Å². The monoisotopic (exact) mass is 275 g/mol. The van der Waals surface area contributed by atoms with Crippen LogP contribution in [-0.2, 0) is 10.0 Å². The van der Waals surface area contributed by atoms with Crippen molar-refractivity contribution in [2.45, 2.75) is 4.90 Å². The van der Waals surface area contributed by atoms with E-state index in [0.29, 0.717) is 5.56 Å². The van der Waals surface area contributed by atoms with Crippen molar-refractivity contribution in [2.24, 2.45) is 5.14 Å². The van der Waals surface area contributed by atoms with Gasteiger partial charge in [-0.05, 0) is 18.2 Å². The summed E-state index contributed by atoms with van der Waals surface area (Å²) in [6.07, 6.45) is 1.09. The lowest BCUT2D eigenvalue weighted by molar-refractivity contribution is 0.598. The first-order valence-electron chi connectivity index (χ1n) is 4.41. The zero-order chi connectivity index (χ0) is 12.6. The number of halogens is 2. The van der Waals surface area contributed by atoms with E-state index in [-0.39, 0.29) is 15.6 Å². The standard InChI is InChI=1S/C9H7ClFN3O2S/c10-6-3-5(1-2-7(6)11)9-8(4-13-14-9)17(12,15)16/h1-4H,(H,13,14)(H2,12,15,16). The smallest absolute Gasteiger partial charge is 0.241 e. The van der Waals surface area contributed by atoms with Crippen LogP contribution in [0, 0.1) is 5.82 Å². The molecule has 2 rings (SSSR count). The molecule has 0 atom stereocenters. The number of aromatic nitrogens is 2. The van der Waals surface area contributed by atoms with Gasteiger partial charge in [0, 0.05) is 5.56 Å². The van der Waals surface area contributed by atoms with Gasteiger partial charge in [0.25, 0.3) is 0 Å². The largest absolute Gasteiger partial charge is 0.276 e. The molecule has 0 bridgehead atoms. The van der Waals surface area contributed by atoms with E-state index in [1.807, 2.05) is 0 Å². The first-order chi connectivity index (χ1) is 7.89. The van der Waals surface area contributed by atoms with Gasteiger partial charge < -0.3 is 0 Å². The van der Waals surface area contributed by atoms with Gasteiger partial charge in [0.1, 0.15) is 10.7 Å². The van der Waals surface area contributed by atoms with Crippen LogP contribution in [0.2, 0.25) is 5.02 Å². The van der Waals surface area contributed by atoms with Gasteiger partial charge in [0.15, 0.2) is 0 Å². The molecule has 0 radical (unpaired) electrons. The van der Waals surface area contributed by atoms with Crippen LogP contribution in [0.4, 0.5) is 4.39 Å². The third kappa shape index (κ3) is 2.31. The molecule has 1 aromatic heterocycles. The Labute approximate surface area is 101 Å². The van der Waals surface area contributed by atoms with E-state index in [1.165, 1.54) is 12.1 Å². The Balaban J connectivity index is 2.62. The van der Waals surface area contributed by atoms with Crippen molar-refractivity contribution in [1.82, 2.24) is 10.2 Å². The van der Waals surface area contributed by atoms with Gasteiger partial charge in [-0.3, -0.25) is 5.10 Å². The Hall–Kier alpha value is -1.44. The maximum Gasteiger partial charge on any atom is 0.241 e. The third-order valence-electron chi connectivity index (χ3n) is 2.12. The molecule has 2 aromatic rings. The fourth-order valence-electron chi connectivity index (χ4n) is 1.35. The number of hydrogen-bond donors (Lipinski definition) is 2.